The first-order valence-electron chi connectivity index (χ1n) is 10.2. The first kappa shape index (κ1) is 26.1. The van der Waals surface area contributed by atoms with Gasteiger partial charge in [0.25, 0.3) is 5.91 Å². The van der Waals surface area contributed by atoms with E-state index in [4.69, 9.17) is 21.4 Å². The van der Waals surface area contributed by atoms with Gasteiger partial charge in [-0.25, -0.2) is 27.3 Å². The van der Waals surface area contributed by atoms with Crippen molar-refractivity contribution in [3.05, 3.63) is 64.1 Å². The normalized spacial score (nSPS) is 13.0. The zero-order valence-corrected chi connectivity index (χ0v) is 19.3. The number of aryl methyl sites for hydroxylation is 1. The number of ether oxygens (including phenoxy) is 1. The summed E-state index contributed by atoms with van der Waals surface area (Å²) in [5, 5.41) is 13.5. The predicted octanol–water partition coefficient (Wildman–Crippen LogP) is 4.56. The minimum atomic E-state index is -2.82. The molecule has 8 nitrogen and oxygen atoms in total. The largest absolute Gasteiger partial charge is 0.485 e. The molecule has 2 aromatic heterocycles. The second-order valence-electron chi connectivity index (χ2n) is 8.02. The number of nitrogens with zero attached hydrogens (tertiary/aromatic N) is 2. The van der Waals surface area contributed by atoms with Gasteiger partial charge < -0.3 is 20.5 Å². The monoisotopic (exact) mass is 516 g/mol. The van der Waals surface area contributed by atoms with Crippen molar-refractivity contribution in [3.63, 3.8) is 0 Å². The van der Waals surface area contributed by atoms with E-state index in [-0.39, 0.29) is 33.4 Å². The summed E-state index contributed by atoms with van der Waals surface area (Å²) >= 11 is 6.15. The number of halogens is 5. The molecule has 3 aromatic rings. The fourth-order valence-corrected chi connectivity index (χ4v) is 3.72. The molecule has 0 aliphatic rings. The number of rotatable bonds is 9. The van der Waals surface area contributed by atoms with Gasteiger partial charge in [0, 0.05) is 25.2 Å². The van der Waals surface area contributed by atoms with E-state index in [2.05, 4.69) is 10.3 Å². The smallest absolute Gasteiger partial charge is 0.405 e. The molecule has 0 aliphatic carbocycles. The quantitative estimate of drug-likeness (QED) is 0.362. The number of hydrogen-bond acceptors (Lipinski definition) is 4. The molecule has 13 heteroatoms. The number of carbonyl (C=O) groups excluding carboxylic acids is 1. The predicted molar refractivity (Wildman–Crippen MR) is 118 cm³/mol. The molecule has 3 rings (SSSR count). The number of aromatic nitrogens is 2. The number of fused-ring (bicyclic) bond motifs is 1. The van der Waals surface area contributed by atoms with Crippen molar-refractivity contribution in [2.24, 2.45) is 0 Å². The van der Waals surface area contributed by atoms with Crippen LogP contribution in [0.5, 0.6) is 5.75 Å². The average Bonchev–Trinajstić information content (AvgIpc) is 3.06. The van der Waals surface area contributed by atoms with Crippen molar-refractivity contribution >= 4 is 29.2 Å². The Balaban J connectivity index is 1.88. The summed E-state index contributed by atoms with van der Waals surface area (Å²) in [5.41, 5.74) is -1.63. The van der Waals surface area contributed by atoms with Gasteiger partial charge in [-0.3, -0.25) is 9.20 Å². The maximum Gasteiger partial charge on any atom is 0.405 e. The molecule has 1 atom stereocenters. The van der Waals surface area contributed by atoms with Crippen LogP contribution in [0.1, 0.15) is 35.1 Å². The fraction of sp³-hybridized carbons (Fsp3) is 0.318. The highest BCUT2D eigenvalue weighted by molar-refractivity contribution is 6.30. The molecule has 0 fully saturated rings. The van der Waals surface area contributed by atoms with Crippen LogP contribution in [0.15, 0.2) is 30.5 Å². The molecule has 188 valence electrons. The molecule has 0 saturated heterocycles. The van der Waals surface area contributed by atoms with Crippen LogP contribution in [-0.4, -0.2) is 45.0 Å². The molecular weight excluding hydrogens is 496 g/mol. The standard InChI is InChI=1S/C22H21ClF4N4O4/c1-11-18(20(32)28-10-22(2,7-17(26)27)30-21(33)34)31-8-12(23)6-16(19(31)29-11)35-9-13-14(24)4-3-5-15(13)25/h3-6,8,17,30H,7,9-10H2,1-2H3,(H,28,32)(H,33,34). The van der Waals surface area contributed by atoms with E-state index in [0.29, 0.717) is 0 Å². The molecule has 0 aliphatic heterocycles. The number of pyridine rings is 1. The Morgan fingerprint density at radius 3 is 2.54 bits per heavy atom. The van der Waals surface area contributed by atoms with Crippen LogP contribution in [0.4, 0.5) is 22.4 Å². The number of benzene rings is 1. The van der Waals surface area contributed by atoms with Crippen LogP contribution in [0.3, 0.4) is 0 Å². The lowest BCUT2D eigenvalue weighted by Crippen LogP contribution is -2.54. The molecule has 1 aromatic carbocycles. The minimum Gasteiger partial charge on any atom is -0.485 e. The number of amides is 2. The van der Waals surface area contributed by atoms with E-state index in [9.17, 15) is 27.2 Å². The average molecular weight is 517 g/mol. The van der Waals surface area contributed by atoms with E-state index in [1.807, 2.05) is 5.32 Å². The molecule has 0 spiro atoms. The fourth-order valence-electron chi connectivity index (χ4n) is 3.52. The van der Waals surface area contributed by atoms with Gasteiger partial charge in [-0.1, -0.05) is 17.7 Å². The SMILES string of the molecule is Cc1nc2c(OCc3c(F)cccc3F)cc(Cl)cn2c1C(=O)NCC(C)(CC(F)F)NC(=O)O. The molecular formula is C22H21ClF4N4O4. The summed E-state index contributed by atoms with van der Waals surface area (Å²) in [6.07, 6.45) is -3.81. The van der Waals surface area contributed by atoms with Gasteiger partial charge >= 0.3 is 6.09 Å². The Labute approximate surface area is 201 Å². The lowest BCUT2D eigenvalue weighted by molar-refractivity contribution is 0.0832. The highest BCUT2D eigenvalue weighted by Crippen LogP contribution is 2.28. The highest BCUT2D eigenvalue weighted by atomic mass is 35.5. The lowest BCUT2D eigenvalue weighted by Gasteiger charge is -2.29. The Hall–Kier alpha value is -3.54. The molecule has 0 bridgehead atoms. The van der Waals surface area contributed by atoms with Crippen molar-refractivity contribution in [2.75, 3.05) is 6.54 Å². The number of carbonyl (C=O) groups is 2. The van der Waals surface area contributed by atoms with Gasteiger partial charge in [0.1, 0.15) is 23.9 Å². The van der Waals surface area contributed by atoms with Crippen molar-refractivity contribution < 1.29 is 37.0 Å². The van der Waals surface area contributed by atoms with Gasteiger partial charge in [0.2, 0.25) is 6.43 Å². The molecule has 35 heavy (non-hydrogen) atoms. The van der Waals surface area contributed by atoms with Crippen molar-refractivity contribution in [2.45, 2.75) is 38.8 Å². The summed E-state index contributed by atoms with van der Waals surface area (Å²) in [5.74, 6) is -2.30. The number of carboxylic acid groups (broad SMARTS) is 1. The Morgan fingerprint density at radius 2 is 1.94 bits per heavy atom. The van der Waals surface area contributed by atoms with Crippen molar-refractivity contribution in [1.82, 2.24) is 20.0 Å². The lowest BCUT2D eigenvalue weighted by atomic mass is 9.98. The summed E-state index contributed by atoms with van der Waals surface area (Å²) in [7, 11) is 0. The molecule has 3 N–H and O–H groups in total. The van der Waals surface area contributed by atoms with E-state index >= 15 is 0 Å². The van der Waals surface area contributed by atoms with Crippen LogP contribution < -0.4 is 15.4 Å². The summed E-state index contributed by atoms with van der Waals surface area (Å²) in [6, 6.07) is 4.74. The maximum atomic E-state index is 14.0. The Bertz CT molecular complexity index is 1250. The van der Waals surface area contributed by atoms with Crippen LogP contribution in [0.2, 0.25) is 5.02 Å². The van der Waals surface area contributed by atoms with E-state index in [1.165, 1.54) is 36.6 Å². The molecule has 2 heterocycles. The first-order valence-corrected chi connectivity index (χ1v) is 10.6. The third-order valence-electron chi connectivity index (χ3n) is 5.13. The van der Waals surface area contributed by atoms with Crippen LogP contribution >= 0.6 is 11.6 Å². The van der Waals surface area contributed by atoms with Crippen molar-refractivity contribution in [3.8, 4) is 5.75 Å². The van der Waals surface area contributed by atoms with Gasteiger partial charge in [0.05, 0.1) is 21.8 Å². The third kappa shape index (κ3) is 6.13. The summed E-state index contributed by atoms with van der Waals surface area (Å²) < 4.78 is 60.6. The second kappa shape index (κ2) is 10.4. The number of imidazole rings is 1. The van der Waals surface area contributed by atoms with E-state index in [1.54, 1.807) is 0 Å². The van der Waals surface area contributed by atoms with Crippen LogP contribution in [0, 0.1) is 18.6 Å². The first-order chi connectivity index (χ1) is 16.4. The molecule has 0 saturated carbocycles. The van der Waals surface area contributed by atoms with Crippen molar-refractivity contribution in [1.29, 1.82) is 0 Å². The minimum absolute atomic E-state index is 0.0147. The maximum absolute atomic E-state index is 14.0. The molecule has 1 unspecified atom stereocenters. The number of alkyl halides is 2. The molecule has 2 amide bonds. The zero-order valence-electron chi connectivity index (χ0n) is 18.5. The van der Waals surface area contributed by atoms with Crippen LogP contribution in [0.25, 0.3) is 5.65 Å². The second-order valence-corrected chi connectivity index (χ2v) is 8.46. The highest BCUT2D eigenvalue weighted by Gasteiger charge is 2.32. The third-order valence-corrected chi connectivity index (χ3v) is 5.34. The Kier molecular flexibility index (Phi) is 7.73. The number of hydrogen-bond donors (Lipinski definition) is 3. The van der Waals surface area contributed by atoms with Gasteiger partial charge in [0.15, 0.2) is 11.4 Å². The summed E-state index contributed by atoms with van der Waals surface area (Å²) in [6.45, 7) is 1.82. The Morgan fingerprint density at radius 1 is 1.29 bits per heavy atom. The summed E-state index contributed by atoms with van der Waals surface area (Å²) in [4.78, 5) is 28.2. The van der Waals surface area contributed by atoms with Gasteiger partial charge in [-0.2, -0.15) is 0 Å². The topological polar surface area (TPSA) is 105 Å². The van der Waals surface area contributed by atoms with E-state index in [0.717, 1.165) is 12.1 Å². The molecule has 0 radical (unpaired) electrons. The van der Waals surface area contributed by atoms with Crippen LogP contribution in [-0.2, 0) is 6.61 Å². The van der Waals surface area contributed by atoms with Gasteiger partial charge in [-0.15, -0.1) is 0 Å². The van der Waals surface area contributed by atoms with Gasteiger partial charge in [-0.05, 0) is 26.0 Å². The van der Waals surface area contributed by atoms with E-state index < -0.39 is 55.2 Å². The number of nitrogens with one attached hydrogen (secondary N) is 2. The zero-order chi connectivity index (χ0) is 25.9.